The van der Waals surface area contributed by atoms with Gasteiger partial charge in [0.1, 0.15) is 5.69 Å². The van der Waals surface area contributed by atoms with Crippen LogP contribution >= 0.6 is 0 Å². The summed E-state index contributed by atoms with van der Waals surface area (Å²) in [6.45, 7) is 4.12. The molecule has 4 aromatic rings. The van der Waals surface area contributed by atoms with Gasteiger partial charge in [0.2, 0.25) is 0 Å². The number of pyridine rings is 3. The van der Waals surface area contributed by atoms with Crippen LogP contribution in [0.3, 0.4) is 0 Å². The molecular weight excluding hydrogens is 356 g/mol. The molecule has 0 saturated heterocycles. The lowest BCUT2D eigenvalue weighted by molar-refractivity contribution is -0.256. The highest BCUT2D eigenvalue weighted by molar-refractivity contribution is 5.65. The van der Waals surface area contributed by atoms with E-state index >= 15 is 0 Å². The maximum atomic E-state index is 4.77. The van der Waals surface area contributed by atoms with Gasteiger partial charge in [-0.2, -0.15) is 0 Å². The van der Waals surface area contributed by atoms with Crippen LogP contribution in [0, 0.1) is 25.7 Å². The van der Waals surface area contributed by atoms with Crippen molar-refractivity contribution in [2.24, 2.45) is 0 Å². The molecule has 1 aromatic carbocycles. The molecule has 4 heteroatoms. The van der Waals surface area contributed by atoms with Crippen LogP contribution in [0.15, 0.2) is 73.1 Å². The zero-order chi connectivity index (χ0) is 20.2. The SMILES string of the molecule is Cc1cc(C#Cc2cc(-c3ccccn3)nc(-c3ccccn3)c2)cc(C)c1[NH3+]. The van der Waals surface area contributed by atoms with E-state index in [0.717, 1.165) is 50.7 Å². The Morgan fingerprint density at radius 3 is 1.59 bits per heavy atom. The van der Waals surface area contributed by atoms with Crippen molar-refractivity contribution >= 4 is 5.69 Å². The van der Waals surface area contributed by atoms with Crippen LogP contribution in [0.1, 0.15) is 22.3 Å². The number of hydrogen-bond acceptors (Lipinski definition) is 3. The van der Waals surface area contributed by atoms with Gasteiger partial charge in [0, 0.05) is 34.6 Å². The van der Waals surface area contributed by atoms with E-state index < -0.39 is 0 Å². The lowest BCUT2D eigenvalue weighted by atomic mass is 10.0. The number of benzene rings is 1. The summed E-state index contributed by atoms with van der Waals surface area (Å²) in [5, 5.41) is 0. The van der Waals surface area contributed by atoms with Crippen LogP contribution < -0.4 is 5.73 Å². The summed E-state index contributed by atoms with van der Waals surface area (Å²) in [7, 11) is 0. The van der Waals surface area contributed by atoms with Gasteiger partial charge in [-0.25, -0.2) is 4.98 Å². The van der Waals surface area contributed by atoms with E-state index in [4.69, 9.17) is 4.98 Å². The van der Waals surface area contributed by atoms with Crippen molar-refractivity contribution in [2.75, 3.05) is 0 Å². The molecule has 0 atom stereocenters. The van der Waals surface area contributed by atoms with Crippen LogP contribution in [0.2, 0.25) is 0 Å². The minimum Gasteiger partial charge on any atom is -0.325 e. The first kappa shape index (κ1) is 18.5. The van der Waals surface area contributed by atoms with Crippen LogP contribution in [0.5, 0.6) is 0 Å². The number of quaternary nitrogens is 1. The fourth-order valence-corrected chi connectivity index (χ4v) is 3.10. The normalized spacial score (nSPS) is 10.3. The Morgan fingerprint density at radius 1 is 0.655 bits per heavy atom. The maximum absolute atomic E-state index is 4.77. The van der Waals surface area contributed by atoms with Gasteiger partial charge in [0.15, 0.2) is 0 Å². The predicted molar refractivity (Wildman–Crippen MR) is 115 cm³/mol. The Balaban J connectivity index is 1.82. The van der Waals surface area contributed by atoms with Crippen molar-refractivity contribution < 1.29 is 5.73 Å². The first-order valence-electron chi connectivity index (χ1n) is 9.40. The van der Waals surface area contributed by atoms with Crippen LogP contribution in [0.4, 0.5) is 5.69 Å². The summed E-state index contributed by atoms with van der Waals surface area (Å²) in [4.78, 5) is 13.6. The molecule has 4 nitrogen and oxygen atoms in total. The monoisotopic (exact) mass is 377 g/mol. The molecule has 0 spiro atoms. The van der Waals surface area contributed by atoms with E-state index in [2.05, 4.69) is 53.5 Å². The van der Waals surface area contributed by atoms with E-state index in [-0.39, 0.29) is 0 Å². The highest BCUT2D eigenvalue weighted by atomic mass is 14.8. The minimum atomic E-state index is 0.776. The standard InChI is InChI=1S/C25H20N4/c1-17-13-19(14-18(2)25(17)26)9-10-20-15-23(21-7-3-5-11-27-21)29-24(16-20)22-8-4-6-12-28-22/h3-8,11-16H,26H2,1-2H3/p+1. The van der Waals surface area contributed by atoms with E-state index in [0.29, 0.717) is 0 Å². The third kappa shape index (κ3) is 4.21. The molecule has 0 fully saturated rings. The first-order valence-corrected chi connectivity index (χ1v) is 9.40. The second kappa shape index (κ2) is 8.05. The maximum Gasteiger partial charge on any atom is 0.133 e. The molecule has 0 aliphatic carbocycles. The Bertz CT molecular complexity index is 1140. The lowest BCUT2D eigenvalue weighted by Crippen LogP contribution is -2.42. The fourth-order valence-electron chi connectivity index (χ4n) is 3.10. The molecule has 0 amide bonds. The molecule has 0 aliphatic heterocycles. The summed E-state index contributed by atoms with van der Waals surface area (Å²) in [5.74, 6) is 6.57. The van der Waals surface area contributed by atoms with Gasteiger partial charge in [0.05, 0.1) is 22.8 Å². The lowest BCUT2D eigenvalue weighted by Gasteiger charge is -2.06. The summed E-state index contributed by atoms with van der Waals surface area (Å²) >= 11 is 0. The zero-order valence-corrected chi connectivity index (χ0v) is 16.5. The Morgan fingerprint density at radius 2 is 1.14 bits per heavy atom. The molecule has 140 valence electrons. The first-order chi connectivity index (χ1) is 14.1. The van der Waals surface area contributed by atoms with Crippen LogP contribution in [0.25, 0.3) is 22.8 Å². The van der Waals surface area contributed by atoms with E-state index in [1.807, 2.05) is 48.5 Å². The number of aryl methyl sites for hydroxylation is 2. The molecule has 3 N–H and O–H groups in total. The van der Waals surface area contributed by atoms with Crippen molar-refractivity contribution in [1.82, 2.24) is 15.0 Å². The minimum absolute atomic E-state index is 0.776. The number of rotatable bonds is 2. The van der Waals surface area contributed by atoms with Gasteiger partial charge in [0.25, 0.3) is 0 Å². The molecule has 0 aliphatic rings. The summed E-state index contributed by atoms with van der Waals surface area (Å²) in [6, 6.07) is 19.7. The van der Waals surface area contributed by atoms with E-state index in [9.17, 15) is 0 Å². The molecule has 0 bridgehead atoms. The fraction of sp³-hybridized carbons (Fsp3) is 0.0800. The van der Waals surface area contributed by atoms with E-state index in [1.54, 1.807) is 12.4 Å². The highest BCUT2D eigenvalue weighted by Crippen LogP contribution is 2.22. The number of aromatic nitrogens is 3. The topological polar surface area (TPSA) is 66.3 Å². The molecule has 29 heavy (non-hydrogen) atoms. The second-order valence-corrected chi connectivity index (χ2v) is 6.89. The van der Waals surface area contributed by atoms with Crippen molar-refractivity contribution in [2.45, 2.75) is 13.8 Å². The average Bonchev–Trinajstić information content (AvgIpc) is 2.77. The Kier molecular flexibility index (Phi) is 5.15. The predicted octanol–water partition coefficient (Wildman–Crippen LogP) is 4.10. The van der Waals surface area contributed by atoms with Gasteiger partial charge < -0.3 is 5.73 Å². The van der Waals surface area contributed by atoms with Gasteiger partial charge in [-0.15, -0.1) is 0 Å². The second-order valence-electron chi connectivity index (χ2n) is 6.89. The summed E-state index contributed by atoms with van der Waals surface area (Å²) < 4.78 is 0. The van der Waals surface area contributed by atoms with Crippen LogP contribution in [-0.4, -0.2) is 15.0 Å². The van der Waals surface area contributed by atoms with Gasteiger partial charge >= 0.3 is 0 Å². The largest absolute Gasteiger partial charge is 0.325 e. The van der Waals surface area contributed by atoms with Crippen molar-refractivity contribution in [3.05, 3.63) is 95.3 Å². The molecule has 0 saturated carbocycles. The van der Waals surface area contributed by atoms with E-state index in [1.165, 1.54) is 0 Å². The average molecular weight is 377 g/mol. The van der Waals surface area contributed by atoms with Crippen molar-refractivity contribution in [1.29, 1.82) is 0 Å². The van der Waals surface area contributed by atoms with Gasteiger partial charge in [-0.1, -0.05) is 24.0 Å². The highest BCUT2D eigenvalue weighted by Gasteiger charge is 2.08. The molecule has 0 radical (unpaired) electrons. The molecule has 0 unspecified atom stereocenters. The third-order valence-electron chi connectivity index (χ3n) is 4.73. The zero-order valence-electron chi connectivity index (χ0n) is 16.5. The number of hydrogen-bond donors (Lipinski definition) is 1. The summed E-state index contributed by atoms with van der Waals surface area (Å²) in [6.07, 6.45) is 3.53. The van der Waals surface area contributed by atoms with Crippen LogP contribution in [-0.2, 0) is 0 Å². The molecule has 4 rings (SSSR count). The molecule has 3 aromatic heterocycles. The van der Waals surface area contributed by atoms with Crippen molar-refractivity contribution in [3.63, 3.8) is 0 Å². The van der Waals surface area contributed by atoms with Crippen molar-refractivity contribution in [3.8, 4) is 34.6 Å². The summed E-state index contributed by atoms with van der Waals surface area (Å²) in [5.41, 5.74) is 12.5. The Hall–Kier alpha value is -3.81. The number of nitrogens with zero attached hydrogens (tertiary/aromatic N) is 3. The Labute approximate surface area is 170 Å². The smallest absolute Gasteiger partial charge is 0.133 e. The molecule has 3 heterocycles. The third-order valence-corrected chi connectivity index (χ3v) is 4.73. The molecular formula is C25H21N4+. The quantitative estimate of drug-likeness (QED) is 0.535. The van der Waals surface area contributed by atoms with Gasteiger partial charge in [-0.3, -0.25) is 9.97 Å². The van der Waals surface area contributed by atoms with Gasteiger partial charge in [-0.05, 0) is 62.4 Å².